The average molecular weight is 168 g/mol. The van der Waals surface area contributed by atoms with E-state index in [0.29, 0.717) is 5.56 Å². The van der Waals surface area contributed by atoms with Gasteiger partial charge in [-0.1, -0.05) is 17.8 Å². The van der Waals surface area contributed by atoms with Gasteiger partial charge in [-0.25, -0.2) is 4.39 Å². The monoisotopic (exact) mass is 168 g/mol. The molecule has 0 aliphatic carbocycles. The van der Waals surface area contributed by atoms with Gasteiger partial charge in [0.1, 0.15) is 5.82 Å². The van der Waals surface area contributed by atoms with E-state index < -0.39 is 0 Å². The van der Waals surface area contributed by atoms with E-state index in [2.05, 4.69) is 0 Å². The Balaban J connectivity index is 2.57. The Hall–Kier alpha value is -0.830. The number of hydrogen-bond donors (Lipinski definition) is 0. The molecule has 1 aliphatic heterocycles. The molecule has 1 aliphatic rings. The van der Waals surface area contributed by atoms with Crippen molar-refractivity contribution in [2.75, 3.05) is 0 Å². The van der Waals surface area contributed by atoms with Gasteiger partial charge in [0.25, 0.3) is 0 Å². The van der Waals surface area contributed by atoms with Crippen LogP contribution in [0.3, 0.4) is 0 Å². The van der Waals surface area contributed by atoms with Crippen LogP contribution in [0, 0.1) is 5.82 Å². The highest BCUT2D eigenvalue weighted by molar-refractivity contribution is 8.14. The Morgan fingerprint density at radius 2 is 2.27 bits per heavy atom. The predicted octanol–water partition coefficient (Wildman–Crippen LogP) is 2.00. The molecule has 1 aromatic carbocycles. The van der Waals surface area contributed by atoms with Gasteiger partial charge < -0.3 is 0 Å². The lowest BCUT2D eigenvalue weighted by atomic mass is 10.1. The second kappa shape index (κ2) is 2.34. The number of rotatable bonds is 0. The molecule has 0 radical (unpaired) electrons. The van der Waals surface area contributed by atoms with Crippen LogP contribution < -0.4 is 0 Å². The first-order chi connectivity index (χ1) is 5.27. The number of fused-ring (bicyclic) bond motifs is 1. The van der Waals surface area contributed by atoms with Crippen LogP contribution in [0.1, 0.15) is 5.56 Å². The normalized spacial score (nSPS) is 15.2. The Morgan fingerprint density at radius 1 is 1.45 bits per heavy atom. The van der Waals surface area contributed by atoms with Gasteiger partial charge in [-0.05, 0) is 12.1 Å². The number of benzene rings is 1. The van der Waals surface area contributed by atoms with Crippen LogP contribution in [0.15, 0.2) is 23.1 Å². The van der Waals surface area contributed by atoms with Crippen molar-refractivity contribution in [1.82, 2.24) is 0 Å². The molecule has 0 atom stereocenters. The van der Waals surface area contributed by atoms with Gasteiger partial charge in [-0.15, -0.1) is 0 Å². The van der Waals surface area contributed by atoms with E-state index in [-0.39, 0.29) is 17.4 Å². The summed E-state index contributed by atoms with van der Waals surface area (Å²) in [7, 11) is 0. The summed E-state index contributed by atoms with van der Waals surface area (Å²) in [6, 6.07) is 4.78. The Bertz CT molecular complexity index is 322. The maximum absolute atomic E-state index is 12.9. The average Bonchev–Trinajstić information content (AvgIpc) is 2.31. The van der Waals surface area contributed by atoms with Gasteiger partial charge in [0.2, 0.25) is 0 Å². The molecule has 0 saturated heterocycles. The zero-order valence-electron chi connectivity index (χ0n) is 5.63. The lowest BCUT2D eigenvalue weighted by molar-refractivity contribution is -0.110. The molecule has 0 bridgehead atoms. The SMILES string of the molecule is O=C1Cc2c(F)cccc2S1. The Kier molecular flexibility index (Phi) is 1.46. The van der Waals surface area contributed by atoms with Crippen LogP contribution in [0.4, 0.5) is 4.39 Å². The van der Waals surface area contributed by atoms with Crippen molar-refractivity contribution >= 4 is 16.9 Å². The molecule has 11 heavy (non-hydrogen) atoms. The first-order valence-electron chi connectivity index (χ1n) is 3.25. The predicted molar refractivity (Wildman–Crippen MR) is 41.0 cm³/mol. The third kappa shape index (κ3) is 1.05. The molecular formula is C8H5FOS. The molecule has 1 heterocycles. The third-order valence-corrected chi connectivity index (χ3v) is 2.60. The summed E-state index contributed by atoms with van der Waals surface area (Å²) in [6.45, 7) is 0. The fourth-order valence-electron chi connectivity index (χ4n) is 1.11. The number of halogens is 1. The summed E-state index contributed by atoms with van der Waals surface area (Å²) in [5.74, 6) is -0.263. The number of hydrogen-bond acceptors (Lipinski definition) is 2. The van der Waals surface area contributed by atoms with Gasteiger partial charge in [0, 0.05) is 16.9 Å². The van der Waals surface area contributed by atoms with E-state index in [4.69, 9.17) is 0 Å². The van der Waals surface area contributed by atoms with E-state index in [9.17, 15) is 9.18 Å². The minimum absolute atomic E-state index is 0.0325. The fraction of sp³-hybridized carbons (Fsp3) is 0.125. The van der Waals surface area contributed by atoms with Gasteiger partial charge in [0.05, 0.1) is 0 Å². The molecule has 2 rings (SSSR count). The van der Waals surface area contributed by atoms with Gasteiger partial charge in [0.15, 0.2) is 5.12 Å². The van der Waals surface area contributed by atoms with E-state index in [1.165, 1.54) is 6.07 Å². The molecule has 56 valence electrons. The van der Waals surface area contributed by atoms with Crippen molar-refractivity contribution < 1.29 is 9.18 Å². The molecule has 0 saturated carbocycles. The summed E-state index contributed by atoms with van der Waals surface area (Å²) < 4.78 is 12.9. The van der Waals surface area contributed by atoms with Gasteiger partial charge >= 0.3 is 0 Å². The summed E-state index contributed by atoms with van der Waals surface area (Å²) in [5, 5.41) is 0.0325. The van der Waals surface area contributed by atoms with Gasteiger partial charge in [-0.3, -0.25) is 4.79 Å². The van der Waals surface area contributed by atoms with E-state index in [1.54, 1.807) is 12.1 Å². The zero-order chi connectivity index (χ0) is 7.84. The van der Waals surface area contributed by atoms with Crippen molar-refractivity contribution in [2.45, 2.75) is 11.3 Å². The van der Waals surface area contributed by atoms with Crippen molar-refractivity contribution in [2.24, 2.45) is 0 Å². The fourth-order valence-corrected chi connectivity index (χ4v) is 2.01. The molecule has 1 aromatic rings. The smallest absolute Gasteiger partial charge is 0.198 e. The van der Waals surface area contributed by atoms with Crippen molar-refractivity contribution in [3.05, 3.63) is 29.6 Å². The van der Waals surface area contributed by atoms with Crippen molar-refractivity contribution in [3.8, 4) is 0 Å². The van der Waals surface area contributed by atoms with Crippen LogP contribution in [0.2, 0.25) is 0 Å². The molecular weight excluding hydrogens is 163 g/mol. The largest absolute Gasteiger partial charge is 0.286 e. The molecule has 0 N–H and O–H groups in total. The summed E-state index contributed by atoms with van der Waals surface area (Å²) >= 11 is 1.13. The molecule has 3 heteroatoms. The quantitative estimate of drug-likeness (QED) is 0.589. The Labute approximate surface area is 67.6 Å². The summed E-state index contributed by atoms with van der Waals surface area (Å²) in [4.78, 5) is 11.6. The number of thioether (sulfide) groups is 1. The van der Waals surface area contributed by atoms with Crippen LogP contribution in [0.25, 0.3) is 0 Å². The first-order valence-corrected chi connectivity index (χ1v) is 4.07. The lowest BCUT2D eigenvalue weighted by Gasteiger charge is -1.95. The lowest BCUT2D eigenvalue weighted by Crippen LogP contribution is -1.90. The highest BCUT2D eigenvalue weighted by atomic mass is 32.2. The minimum Gasteiger partial charge on any atom is -0.286 e. The highest BCUT2D eigenvalue weighted by Crippen LogP contribution is 2.33. The van der Waals surface area contributed by atoms with E-state index in [0.717, 1.165) is 16.7 Å². The number of carbonyl (C=O) groups is 1. The van der Waals surface area contributed by atoms with E-state index in [1.807, 2.05) is 0 Å². The van der Waals surface area contributed by atoms with Crippen molar-refractivity contribution in [3.63, 3.8) is 0 Å². The van der Waals surface area contributed by atoms with Crippen molar-refractivity contribution in [1.29, 1.82) is 0 Å². The molecule has 0 unspecified atom stereocenters. The van der Waals surface area contributed by atoms with Gasteiger partial charge in [-0.2, -0.15) is 0 Å². The highest BCUT2D eigenvalue weighted by Gasteiger charge is 2.21. The minimum atomic E-state index is -0.263. The summed E-state index contributed by atoms with van der Waals surface area (Å²) in [6.07, 6.45) is 0.243. The number of carbonyl (C=O) groups excluding carboxylic acids is 1. The van der Waals surface area contributed by atoms with Crippen LogP contribution in [-0.2, 0) is 11.2 Å². The van der Waals surface area contributed by atoms with E-state index >= 15 is 0 Å². The first kappa shape index (κ1) is 6.85. The third-order valence-electron chi connectivity index (χ3n) is 1.62. The molecule has 0 amide bonds. The standard InChI is InChI=1S/C8H5FOS/c9-6-2-1-3-7-5(6)4-8(10)11-7/h1-3H,4H2. The summed E-state index contributed by atoms with van der Waals surface area (Å²) in [5.41, 5.74) is 0.558. The van der Waals surface area contributed by atoms with Crippen LogP contribution in [0.5, 0.6) is 0 Å². The molecule has 1 nitrogen and oxygen atoms in total. The second-order valence-electron chi connectivity index (χ2n) is 2.37. The maximum Gasteiger partial charge on any atom is 0.198 e. The maximum atomic E-state index is 12.9. The molecule has 0 fully saturated rings. The second-order valence-corrected chi connectivity index (χ2v) is 3.47. The molecule has 0 aromatic heterocycles. The van der Waals surface area contributed by atoms with Crippen LogP contribution in [-0.4, -0.2) is 5.12 Å². The zero-order valence-corrected chi connectivity index (χ0v) is 6.45. The topological polar surface area (TPSA) is 17.1 Å². The van der Waals surface area contributed by atoms with Crippen LogP contribution >= 0.6 is 11.8 Å². The molecule has 0 spiro atoms. The Morgan fingerprint density at radius 3 is 3.00 bits per heavy atom.